The third kappa shape index (κ3) is 3.79. The van der Waals surface area contributed by atoms with Gasteiger partial charge < -0.3 is 14.8 Å². The van der Waals surface area contributed by atoms with Gasteiger partial charge in [0, 0.05) is 24.6 Å². The van der Waals surface area contributed by atoms with E-state index in [9.17, 15) is 13.2 Å². The van der Waals surface area contributed by atoms with E-state index >= 15 is 0 Å². The molecular formula is C21H17BrN2O5S. The molecule has 154 valence electrons. The predicted molar refractivity (Wildman–Crippen MR) is 116 cm³/mol. The first-order valence-electron chi connectivity index (χ1n) is 8.88. The van der Waals surface area contributed by atoms with E-state index < -0.39 is 15.9 Å². The molecule has 0 radical (unpaired) electrons. The standard InChI is InChI=1S/C21H17BrN2O5S/c1-24(2)30(26,27)20-11-15-18(12-19(20)28-14-9-7-13(22)8-10-14)29-17-6-4-3-5-16(17)23-21(15)25/h3-12H,1-2H3,(H,23,25). The Morgan fingerprint density at radius 1 is 1.00 bits per heavy atom. The molecule has 1 N–H and O–H groups in total. The smallest absolute Gasteiger partial charge is 0.259 e. The van der Waals surface area contributed by atoms with Gasteiger partial charge in [0.2, 0.25) is 10.0 Å². The van der Waals surface area contributed by atoms with Crippen molar-refractivity contribution in [3.63, 3.8) is 0 Å². The van der Waals surface area contributed by atoms with Gasteiger partial charge in [0.15, 0.2) is 11.5 Å². The first-order valence-corrected chi connectivity index (χ1v) is 11.1. The number of fused-ring (bicyclic) bond motifs is 2. The molecule has 3 aromatic rings. The van der Waals surface area contributed by atoms with Crippen LogP contribution in [0, 0.1) is 0 Å². The van der Waals surface area contributed by atoms with Crippen molar-refractivity contribution >= 4 is 37.5 Å². The molecule has 0 spiro atoms. The van der Waals surface area contributed by atoms with Crippen molar-refractivity contribution in [2.45, 2.75) is 4.90 Å². The van der Waals surface area contributed by atoms with Crippen LogP contribution in [0.1, 0.15) is 10.4 Å². The number of amides is 1. The van der Waals surface area contributed by atoms with Crippen molar-refractivity contribution in [1.29, 1.82) is 0 Å². The molecule has 0 unspecified atom stereocenters. The van der Waals surface area contributed by atoms with Crippen LogP contribution >= 0.6 is 15.9 Å². The Balaban J connectivity index is 1.89. The zero-order valence-corrected chi connectivity index (χ0v) is 18.5. The molecule has 7 nitrogen and oxygen atoms in total. The van der Waals surface area contributed by atoms with E-state index in [0.717, 1.165) is 8.78 Å². The lowest BCUT2D eigenvalue weighted by molar-refractivity contribution is 0.102. The van der Waals surface area contributed by atoms with Crippen molar-refractivity contribution in [3.8, 4) is 23.0 Å². The maximum absolute atomic E-state index is 13.0. The number of ether oxygens (including phenoxy) is 2. The predicted octanol–water partition coefficient (Wildman–Crippen LogP) is 4.85. The van der Waals surface area contributed by atoms with Crippen molar-refractivity contribution in [1.82, 2.24) is 4.31 Å². The molecule has 0 saturated carbocycles. The van der Waals surface area contributed by atoms with E-state index in [1.165, 1.54) is 26.2 Å². The molecule has 0 saturated heterocycles. The van der Waals surface area contributed by atoms with Crippen molar-refractivity contribution < 1.29 is 22.7 Å². The summed E-state index contributed by atoms with van der Waals surface area (Å²) in [5.41, 5.74) is 0.584. The fourth-order valence-electron chi connectivity index (χ4n) is 2.88. The van der Waals surface area contributed by atoms with E-state index in [1.54, 1.807) is 48.5 Å². The van der Waals surface area contributed by atoms with Gasteiger partial charge >= 0.3 is 0 Å². The second kappa shape index (κ2) is 7.75. The van der Waals surface area contributed by atoms with Crippen LogP contribution in [0.15, 0.2) is 70.0 Å². The van der Waals surface area contributed by atoms with Crippen LogP contribution in [-0.4, -0.2) is 32.7 Å². The minimum atomic E-state index is -3.91. The summed E-state index contributed by atoms with van der Waals surface area (Å²) < 4.78 is 39.7. The van der Waals surface area contributed by atoms with Crippen LogP contribution in [0.2, 0.25) is 0 Å². The number of para-hydroxylation sites is 2. The number of nitrogens with one attached hydrogen (secondary N) is 1. The topological polar surface area (TPSA) is 84.9 Å². The van der Waals surface area contributed by atoms with Gasteiger partial charge in [-0.1, -0.05) is 28.1 Å². The Morgan fingerprint density at radius 3 is 2.40 bits per heavy atom. The first-order chi connectivity index (χ1) is 14.3. The van der Waals surface area contributed by atoms with Gasteiger partial charge in [-0.05, 0) is 42.5 Å². The minimum Gasteiger partial charge on any atom is -0.456 e. The summed E-state index contributed by atoms with van der Waals surface area (Å²) in [5, 5.41) is 2.74. The maximum Gasteiger partial charge on any atom is 0.259 e. The van der Waals surface area contributed by atoms with E-state index in [-0.39, 0.29) is 22.0 Å². The summed E-state index contributed by atoms with van der Waals surface area (Å²) in [6, 6.07) is 16.6. The summed E-state index contributed by atoms with van der Waals surface area (Å²) in [6.45, 7) is 0. The first kappa shape index (κ1) is 20.4. The highest BCUT2D eigenvalue weighted by Gasteiger charge is 2.29. The molecule has 0 bridgehead atoms. The second-order valence-corrected chi connectivity index (χ2v) is 9.73. The lowest BCUT2D eigenvalue weighted by atomic mass is 10.1. The van der Waals surface area contributed by atoms with Crippen molar-refractivity contribution in [2.75, 3.05) is 19.4 Å². The molecule has 9 heteroatoms. The summed E-state index contributed by atoms with van der Waals surface area (Å²) in [6.07, 6.45) is 0. The average Bonchev–Trinajstić information content (AvgIpc) is 2.84. The van der Waals surface area contributed by atoms with Crippen LogP contribution < -0.4 is 14.8 Å². The van der Waals surface area contributed by atoms with Gasteiger partial charge in [0.1, 0.15) is 16.4 Å². The number of sulfonamides is 1. The number of benzene rings is 3. The summed E-state index contributed by atoms with van der Waals surface area (Å²) in [4.78, 5) is 12.6. The third-order valence-corrected chi connectivity index (χ3v) is 6.81. The van der Waals surface area contributed by atoms with Gasteiger partial charge in [0.05, 0.1) is 11.3 Å². The fraction of sp³-hybridized carbons (Fsp3) is 0.0952. The Hall–Kier alpha value is -2.88. The largest absolute Gasteiger partial charge is 0.456 e. The lowest BCUT2D eigenvalue weighted by Gasteiger charge is -2.18. The highest BCUT2D eigenvalue weighted by Crippen LogP contribution is 2.41. The van der Waals surface area contributed by atoms with Crippen LogP contribution in [0.5, 0.6) is 23.0 Å². The molecule has 1 aliphatic rings. The normalized spacial score (nSPS) is 13.0. The molecule has 0 aliphatic carbocycles. The molecule has 3 aromatic carbocycles. The molecule has 1 aliphatic heterocycles. The zero-order valence-electron chi connectivity index (χ0n) is 16.0. The number of rotatable bonds is 4. The Morgan fingerprint density at radius 2 is 1.70 bits per heavy atom. The number of anilines is 1. The van der Waals surface area contributed by atoms with E-state index in [1.807, 2.05) is 0 Å². The molecule has 0 fully saturated rings. The Kier molecular flexibility index (Phi) is 5.27. The number of nitrogens with zero attached hydrogens (tertiary/aromatic N) is 1. The SMILES string of the molecule is CN(C)S(=O)(=O)c1cc2c(cc1Oc1ccc(Br)cc1)Oc1ccccc1NC2=O. The Labute approximate surface area is 182 Å². The van der Waals surface area contributed by atoms with Gasteiger partial charge in [-0.3, -0.25) is 4.79 Å². The van der Waals surface area contributed by atoms with Crippen LogP contribution in [0.3, 0.4) is 0 Å². The van der Waals surface area contributed by atoms with Gasteiger partial charge in [0.25, 0.3) is 5.91 Å². The molecule has 4 rings (SSSR count). The van der Waals surface area contributed by atoms with Crippen LogP contribution in [-0.2, 0) is 10.0 Å². The number of halogens is 1. The number of carbonyl (C=O) groups excluding carboxylic acids is 1. The van der Waals surface area contributed by atoms with Gasteiger partial charge in [-0.2, -0.15) is 0 Å². The van der Waals surface area contributed by atoms with Gasteiger partial charge in [-0.25, -0.2) is 12.7 Å². The van der Waals surface area contributed by atoms with Crippen molar-refractivity contribution in [3.05, 3.63) is 70.7 Å². The minimum absolute atomic E-state index is 0.0527. The maximum atomic E-state index is 13.0. The monoisotopic (exact) mass is 488 g/mol. The van der Waals surface area contributed by atoms with Crippen LogP contribution in [0.4, 0.5) is 5.69 Å². The van der Waals surface area contributed by atoms with Crippen LogP contribution in [0.25, 0.3) is 0 Å². The summed E-state index contributed by atoms with van der Waals surface area (Å²) in [7, 11) is -1.08. The molecule has 1 amide bonds. The highest BCUT2D eigenvalue weighted by atomic mass is 79.9. The van der Waals surface area contributed by atoms with E-state index in [2.05, 4.69) is 21.2 Å². The summed E-state index contributed by atoms with van der Waals surface area (Å²) >= 11 is 3.35. The molecule has 0 aromatic heterocycles. The molecule has 0 atom stereocenters. The number of carbonyl (C=O) groups is 1. The van der Waals surface area contributed by atoms with Crippen molar-refractivity contribution in [2.24, 2.45) is 0 Å². The zero-order chi connectivity index (χ0) is 21.5. The van der Waals surface area contributed by atoms with E-state index in [0.29, 0.717) is 17.2 Å². The summed E-state index contributed by atoms with van der Waals surface area (Å²) in [5.74, 6) is 0.661. The number of hydrogen-bond acceptors (Lipinski definition) is 5. The van der Waals surface area contributed by atoms with E-state index in [4.69, 9.17) is 9.47 Å². The average molecular weight is 489 g/mol. The Bertz CT molecular complexity index is 1240. The quantitative estimate of drug-likeness (QED) is 0.567. The molecular weight excluding hydrogens is 472 g/mol. The number of hydrogen-bond donors (Lipinski definition) is 1. The third-order valence-electron chi connectivity index (χ3n) is 4.45. The molecule has 1 heterocycles. The fourth-order valence-corrected chi connectivity index (χ4v) is 4.16. The lowest BCUT2D eigenvalue weighted by Crippen LogP contribution is -2.23. The molecule has 30 heavy (non-hydrogen) atoms. The second-order valence-electron chi connectivity index (χ2n) is 6.69. The van der Waals surface area contributed by atoms with Gasteiger partial charge in [-0.15, -0.1) is 0 Å². The highest BCUT2D eigenvalue weighted by molar-refractivity contribution is 9.10.